The van der Waals surface area contributed by atoms with Gasteiger partial charge < -0.3 is 9.30 Å². The maximum Gasteiger partial charge on any atom is 0.122 e. The molecule has 0 aliphatic heterocycles. The third-order valence-corrected chi connectivity index (χ3v) is 3.57. The summed E-state index contributed by atoms with van der Waals surface area (Å²) in [6.07, 6.45) is 4.01. The van der Waals surface area contributed by atoms with Crippen molar-refractivity contribution in [1.29, 1.82) is 0 Å². The molecule has 0 aliphatic carbocycles. The highest BCUT2D eigenvalue weighted by molar-refractivity contribution is 5.33. The summed E-state index contributed by atoms with van der Waals surface area (Å²) in [6.45, 7) is 7.54. The summed E-state index contributed by atoms with van der Waals surface area (Å²) in [5.41, 5.74) is 3.76. The van der Waals surface area contributed by atoms with E-state index in [1.165, 1.54) is 11.3 Å². The van der Waals surface area contributed by atoms with Gasteiger partial charge in [0.05, 0.1) is 19.1 Å². The summed E-state index contributed by atoms with van der Waals surface area (Å²) >= 11 is 0. The Morgan fingerprint density at radius 3 is 2.70 bits per heavy atom. The number of nitrogens with zero attached hydrogens (tertiary/aromatic N) is 2. The Morgan fingerprint density at radius 1 is 1.25 bits per heavy atom. The number of methoxy groups -OCH3 is 1. The first kappa shape index (κ1) is 14.6. The molecule has 108 valence electrons. The minimum absolute atomic E-state index is 0.649. The van der Waals surface area contributed by atoms with Crippen LogP contribution in [0, 0.1) is 12.8 Å². The summed E-state index contributed by atoms with van der Waals surface area (Å²) in [5, 5.41) is 0. The molecule has 0 atom stereocenters. The van der Waals surface area contributed by atoms with Crippen molar-refractivity contribution in [2.24, 2.45) is 5.92 Å². The van der Waals surface area contributed by atoms with E-state index in [0.717, 1.165) is 30.8 Å². The Balaban J connectivity index is 2.11. The lowest BCUT2D eigenvalue weighted by Crippen LogP contribution is -2.08. The standard InChI is InChI=1S/C17H24N2O/c1-13(2)11-16-14(3)18-12-19(16)10-9-15-7-5-6-8-17(15)20-4/h5-8,12-13H,9-11H2,1-4H3. The predicted octanol–water partition coefficient (Wildman–Crippen LogP) is 3.64. The van der Waals surface area contributed by atoms with Crippen molar-refractivity contribution < 1.29 is 4.74 Å². The zero-order chi connectivity index (χ0) is 14.5. The van der Waals surface area contributed by atoms with E-state index in [0.29, 0.717) is 5.92 Å². The van der Waals surface area contributed by atoms with Crippen molar-refractivity contribution in [2.75, 3.05) is 7.11 Å². The van der Waals surface area contributed by atoms with Gasteiger partial charge in [-0.05, 0) is 37.3 Å². The lowest BCUT2D eigenvalue weighted by atomic mass is 10.1. The zero-order valence-corrected chi connectivity index (χ0v) is 12.9. The van der Waals surface area contributed by atoms with E-state index in [4.69, 9.17) is 4.74 Å². The van der Waals surface area contributed by atoms with E-state index in [9.17, 15) is 0 Å². The first-order chi connectivity index (χ1) is 9.61. The van der Waals surface area contributed by atoms with Gasteiger partial charge in [-0.3, -0.25) is 0 Å². The number of benzene rings is 1. The monoisotopic (exact) mass is 272 g/mol. The molecule has 1 heterocycles. The third kappa shape index (κ3) is 3.41. The van der Waals surface area contributed by atoms with Crippen LogP contribution in [0.3, 0.4) is 0 Å². The Bertz CT molecular complexity index is 558. The Hall–Kier alpha value is -1.77. The summed E-state index contributed by atoms with van der Waals surface area (Å²) < 4.78 is 7.69. The van der Waals surface area contributed by atoms with Gasteiger partial charge in [0.2, 0.25) is 0 Å². The summed E-state index contributed by atoms with van der Waals surface area (Å²) in [5.74, 6) is 1.62. The van der Waals surface area contributed by atoms with Crippen LogP contribution in [0.2, 0.25) is 0 Å². The molecule has 1 aromatic carbocycles. The van der Waals surface area contributed by atoms with Crippen LogP contribution in [-0.2, 0) is 19.4 Å². The normalized spacial score (nSPS) is 11.1. The molecule has 0 amide bonds. The molecule has 0 saturated heterocycles. The molecule has 3 nitrogen and oxygen atoms in total. The van der Waals surface area contributed by atoms with E-state index in [-0.39, 0.29) is 0 Å². The lowest BCUT2D eigenvalue weighted by Gasteiger charge is -2.12. The number of ether oxygens (including phenoxy) is 1. The molecule has 2 rings (SSSR count). The van der Waals surface area contributed by atoms with Gasteiger partial charge in [0.25, 0.3) is 0 Å². The number of hydrogen-bond donors (Lipinski definition) is 0. The number of aromatic nitrogens is 2. The predicted molar refractivity (Wildman–Crippen MR) is 82.2 cm³/mol. The van der Waals surface area contributed by atoms with Crippen LogP contribution in [-0.4, -0.2) is 16.7 Å². The minimum Gasteiger partial charge on any atom is -0.496 e. The summed E-state index contributed by atoms with van der Waals surface area (Å²) in [6, 6.07) is 8.22. The minimum atomic E-state index is 0.649. The molecule has 2 aromatic rings. The number of imidazole rings is 1. The molecule has 20 heavy (non-hydrogen) atoms. The molecular weight excluding hydrogens is 248 g/mol. The number of rotatable bonds is 6. The van der Waals surface area contributed by atoms with Gasteiger partial charge in [-0.15, -0.1) is 0 Å². The van der Waals surface area contributed by atoms with Gasteiger partial charge in [0.1, 0.15) is 5.75 Å². The second-order valence-corrected chi connectivity index (χ2v) is 5.63. The maximum atomic E-state index is 5.41. The smallest absolute Gasteiger partial charge is 0.122 e. The van der Waals surface area contributed by atoms with Crippen LogP contribution < -0.4 is 4.74 Å². The number of aryl methyl sites for hydroxylation is 3. The molecule has 3 heteroatoms. The summed E-state index contributed by atoms with van der Waals surface area (Å²) in [4.78, 5) is 4.46. The van der Waals surface area contributed by atoms with Crippen molar-refractivity contribution in [3.05, 3.63) is 47.5 Å². The molecule has 0 spiro atoms. The molecule has 0 bridgehead atoms. The molecule has 0 radical (unpaired) electrons. The van der Waals surface area contributed by atoms with Crippen LogP contribution in [0.15, 0.2) is 30.6 Å². The molecule has 0 saturated carbocycles. The van der Waals surface area contributed by atoms with E-state index in [1.54, 1.807) is 7.11 Å². The molecule has 0 unspecified atom stereocenters. The first-order valence-electron chi connectivity index (χ1n) is 7.24. The highest BCUT2D eigenvalue weighted by Crippen LogP contribution is 2.19. The van der Waals surface area contributed by atoms with Crippen molar-refractivity contribution in [1.82, 2.24) is 9.55 Å². The van der Waals surface area contributed by atoms with Gasteiger partial charge in [-0.1, -0.05) is 32.0 Å². The first-order valence-corrected chi connectivity index (χ1v) is 7.24. The van der Waals surface area contributed by atoms with Crippen LogP contribution >= 0.6 is 0 Å². The fourth-order valence-electron chi connectivity index (χ4n) is 2.50. The average molecular weight is 272 g/mol. The van der Waals surface area contributed by atoms with Gasteiger partial charge >= 0.3 is 0 Å². The maximum absolute atomic E-state index is 5.41. The average Bonchev–Trinajstić information content (AvgIpc) is 2.77. The third-order valence-electron chi connectivity index (χ3n) is 3.57. The topological polar surface area (TPSA) is 27.1 Å². The highest BCUT2D eigenvalue weighted by atomic mass is 16.5. The molecule has 1 aromatic heterocycles. The summed E-state index contributed by atoms with van der Waals surface area (Å²) in [7, 11) is 1.73. The molecule has 0 N–H and O–H groups in total. The lowest BCUT2D eigenvalue weighted by molar-refractivity contribution is 0.408. The van der Waals surface area contributed by atoms with Crippen molar-refractivity contribution in [3.63, 3.8) is 0 Å². The van der Waals surface area contributed by atoms with Crippen LogP contribution in [0.1, 0.15) is 30.8 Å². The van der Waals surface area contributed by atoms with E-state index in [1.807, 2.05) is 18.5 Å². The number of hydrogen-bond acceptors (Lipinski definition) is 2. The Labute approximate surface area is 121 Å². The zero-order valence-electron chi connectivity index (χ0n) is 12.9. The highest BCUT2D eigenvalue weighted by Gasteiger charge is 2.10. The Kier molecular flexibility index (Phi) is 4.83. The quantitative estimate of drug-likeness (QED) is 0.802. The second kappa shape index (κ2) is 6.60. The molecule has 0 fully saturated rings. The van der Waals surface area contributed by atoms with Crippen LogP contribution in [0.5, 0.6) is 5.75 Å². The van der Waals surface area contributed by atoms with Crippen molar-refractivity contribution in [3.8, 4) is 5.75 Å². The largest absolute Gasteiger partial charge is 0.496 e. The Morgan fingerprint density at radius 2 is 2.00 bits per heavy atom. The second-order valence-electron chi connectivity index (χ2n) is 5.63. The fourth-order valence-corrected chi connectivity index (χ4v) is 2.50. The van der Waals surface area contributed by atoms with Crippen LogP contribution in [0.4, 0.5) is 0 Å². The SMILES string of the molecule is COc1ccccc1CCn1cnc(C)c1CC(C)C. The van der Waals surface area contributed by atoms with Gasteiger partial charge in [0, 0.05) is 12.2 Å². The van der Waals surface area contributed by atoms with Crippen molar-refractivity contribution in [2.45, 2.75) is 40.2 Å². The van der Waals surface area contributed by atoms with Gasteiger partial charge in [-0.2, -0.15) is 0 Å². The molecule has 0 aliphatic rings. The van der Waals surface area contributed by atoms with E-state index < -0.39 is 0 Å². The van der Waals surface area contributed by atoms with Gasteiger partial charge in [0.15, 0.2) is 0 Å². The van der Waals surface area contributed by atoms with Crippen molar-refractivity contribution >= 4 is 0 Å². The van der Waals surface area contributed by atoms with Gasteiger partial charge in [-0.25, -0.2) is 4.98 Å². The van der Waals surface area contributed by atoms with Crippen LogP contribution in [0.25, 0.3) is 0 Å². The fraction of sp³-hybridized carbons (Fsp3) is 0.471. The van der Waals surface area contributed by atoms with E-state index in [2.05, 4.69) is 42.5 Å². The molecular formula is C17H24N2O. The van der Waals surface area contributed by atoms with E-state index >= 15 is 0 Å². The number of para-hydroxylation sites is 1.